The van der Waals surface area contributed by atoms with Gasteiger partial charge < -0.3 is 10.6 Å². The van der Waals surface area contributed by atoms with Crippen LogP contribution in [-0.2, 0) is 0 Å². The fourth-order valence-corrected chi connectivity index (χ4v) is 5.95. The lowest BCUT2D eigenvalue weighted by molar-refractivity contribution is 0.0935. The summed E-state index contributed by atoms with van der Waals surface area (Å²) in [5.74, 6) is 0.0605. The first-order valence-electron chi connectivity index (χ1n) is 7.02. The summed E-state index contributed by atoms with van der Waals surface area (Å²) >= 11 is 4.78. The first-order chi connectivity index (χ1) is 10.3. The number of aromatic nitrogens is 1. The molecule has 1 amide bonds. The Morgan fingerprint density at radius 1 is 1.43 bits per heavy atom. The van der Waals surface area contributed by atoms with Gasteiger partial charge in [0.15, 0.2) is 4.34 Å². The molecular weight excluding hydrogens is 322 g/mol. The van der Waals surface area contributed by atoms with Crippen LogP contribution in [0.4, 0.5) is 0 Å². The first kappa shape index (κ1) is 13.8. The van der Waals surface area contributed by atoms with Crippen LogP contribution in [0.2, 0.25) is 0 Å². The molecule has 3 atom stereocenters. The van der Waals surface area contributed by atoms with Gasteiger partial charge in [-0.05, 0) is 43.2 Å². The van der Waals surface area contributed by atoms with E-state index in [2.05, 4.69) is 15.6 Å². The van der Waals surface area contributed by atoms with Crippen LogP contribution in [0, 0.1) is 0 Å². The van der Waals surface area contributed by atoms with E-state index in [1.807, 2.05) is 17.5 Å². The number of hydrogen-bond donors (Lipinski definition) is 2. The highest BCUT2D eigenvalue weighted by molar-refractivity contribution is 8.02. The summed E-state index contributed by atoms with van der Waals surface area (Å²) in [5, 5.41) is 8.70. The van der Waals surface area contributed by atoms with Crippen LogP contribution in [0.3, 0.4) is 0 Å². The van der Waals surface area contributed by atoms with Crippen molar-refractivity contribution in [1.29, 1.82) is 0 Å². The minimum absolute atomic E-state index is 0.0605. The number of nitrogens with zero attached hydrogens (tertiary/aromatic N) is 1. The molecule has 3 unspecified atom stereocenters. The molecule has 2 saturated heterocycles. The van der Waals surface area contributed by atoms with Gasteiger partial charge in [0.05, 0.1) is 9.09 Å². The number of thiazole rings is 1. The van der Waals surface area contributed by atoms with Gasteiger partial charge in [0.2, 0.25) is 0 Å². The SMILES string of the molecule is O=C(NC1CC2CCC1N2)c1ccc(Sc2nccs2)s1. The average Bonchev–Trinajstić information content (AvgIpc) is 3.24. The van der Waals surface area contributed by atoms with E-state index < -0.39 is 0 Å². The van der Waals surface area contributed by atoms with Crippen molar-refractivity contribution < 1.29 is 4.79 Å². The Morgan fingerprint density at radius 3 is 3.10 bits per heavy atom. The monoisotopic (exact) mass is 337 g/mol. The molecule has 0 saturated carbocycles. The summed E-state index contributed by atoms with van der Waals surface area (Å²) in [6.07, 6.45) is 5.31. The predicted molar refractivity (Wildman–Crippen MR) is 86.4 cm³/mol. The number of nitrogens with one attached hydrogen (secondary N) is 2. The van der Waals surface area contributed by atoms with Crippen LogP contribution in [-0.4, -0.2) is 29.0 Å². The number of carbonyl (C=O) groups is 1. The number of fused-ring (bicyclic) bond motifs is 2. The van der Waals surface area contributed by atoms with Crippen LogP contribution in [0.25, 0.3) is 0 Å². The van der Waals surface area contributed by atoms with Gasteiger partial charge in [-0.2, -0.15) is 0 Å². The number of rotatable bonds is 4. The highest BCUT2D eigenvalue weighted by atomic mass is 32.2. The Hall–Kier alpha value is -0.890. The number of thiophene rings is 1. The van der Waals surface area contributed by atoms with Crippen molar-refractivity contribution in [3.8, 4) is 0 Å². The van der Waals surface area contributed by atoms with Crippen LogP contribution in [0.5, 0.6) is 0 Å². The molecule has 2 aliphatic heterocycles. The summed E-state index contributed by atoms with van der Waals surface area (Å²) in [6, 6.07) is 5.30. The van der Waals surface area contributed by atoms with Crippen molar-refractivity contribution in [2.24, 2.45) is 0 Å². The van der Waals surface area contributed by atoms with Gasteiger partial charge >= 0.3 is 0 Å². The molecule has 0 spiro atoms. The van der Waals surface area contributed by atoms with Crippen LogP contribution < -0.4 is 10.6 Å². The van der Waals surface area contributed by atoms with Crippen molar-refractivity contribution >= 4 is 40.3 Å². The molecule has 0 aliphatic carbocycles. The minimum atomic E-state index is 0.0605. The van der Waals surface area contributed by atoms with Crippen molar-refractivity contribution in [1.82, 2.24) is 15.6 Å². The highest BCUT2D eigenvalue weighted by Crippen LogP contribution is 2.34. The van der Waals surface area contributed by atoms with E-state index in [0.717, 1.165) is 19.8 Å². The summed E-state index contributed by atoms with van der Waals surface area (Å²) < 4.78 is 2.13. The first-order valence-corrected chi connectivity index (χ1v) is 9.53. The third-order valence-corrected chi connectivity index (χ3v) is 7.12. The van der Waals surface area contributed by atoms with Gasteiger partial charge in [0, 0.05) is 29.7 Å². The second kappa shape index (κ2) is 5.72. The smallest absolute Gasteiger partial charge is 0.261 e. The maximum absolute atomic E-state index is 12.3. The Morgan fingerprint density at radius 2 is 2.38 bits per heavy atom. The van der Waals surface area contributed by atoms with Gasteiger partial charge in [0.1, 0.15) is 0 Å². The second-order valence-electron chi connectivity index (χ2n) is 5.38. The molecule has 21 heavy (non-hydrogen) atoms. The summed E-state index contributed by atoms with van der Waals surface area (Å²) in [4.78, 5) is 17.4. The van der Waals surface area contributed by atoms with Crippen molar-refractivity contribution in [3.63, 3.8) is 0 Å². The van der Waals surface area contributed by atoms with Crippen molar-refractivity contribution in [3.05, 3.63) is 28.6 Å². The van der Waals surface area contributed by atoms with E-state index in [1.54, 1.807) is 29.3 Å². The molecule has 2 aromatic heterocycles. The summed E-state index contributed by atoms with van der Waals surface area (Å²) in [6.45, 7) is 0. The molecule has 2 aromatic rings. The molecule has 0 radical (unpaired) electrons. The maximum Gasteiger partial charge on any atom is 0.261 e. The normalized spacial score (nSPS) is 27.1. The molecule has 0 aromatic carbocycles. The largest absolute Gasteiger partial charge is 0.347 e. The van der Waals surface area contributed by atoms with Crippen LogP contribution in [0.1, 0.15) is 28.9 Å². The molecule has 4 nitrogen and oxygen atoms in total. The minimum Gasteiger partial charge on any atom is -0.347 e. The maximum atomic E-state index is 12.3. The third kappa shape index (κ3) is 2.88. The van der Waals surface area contributed by atoms with Crippen LogP contribution in [0.15, 0.2) is 32.3 Å². The van der Waals surface area contributed by atoms with Gasteiger partial charge in [-0.1, -0.05) is 0 Å². The predicted octanol–water partition coefficient (Wildman–Crippen LogP) is 2.98. The molecule has 2 fully saturated rings. The zero-order chi connectivity index (χ0) is 14.2. The van der Waals surface area contributed by atoms with Crippen molar-refractivity contribution in [2.45, 2.75) is 45.9 Å². The summed E-state index contributed by atoms with van der Waals surface area (Å²) in [5.41, 5.74) is 0. The molecule has 110 valence electrons. The lowest BCUT2D eigenvalue weighted by Crippen LogP contribution is -2.42. The fourth-order valence-electron chi connectivity index (χ4n) is 3.07. The van der Waals surface area contributed by atoms with E-state index in [-0.39, 0.29) is 5.91 Å². The molecule has 7 heteroatoms. The van der Waals surface area contributed by atoms with Gasteiger partial charge in [-0.25, -0.2) is 4.98 Å². The number of carbonyl (C=O) groups excluding carboxylic acids is 1. The average molecular weight is 337 g/mol. The van der Waals surface area contributed by atoms with Gasteiger partial charge in [-0.15, -0.1) is 22.7 Å². The highest BCUT2D eigenvalue weighted by Gasteiger charge is 2.39. The Balaban J connectivity index is 1.39. The lowest BCUT2D eigenvalue weighted by Gasteiger charge is -2.20. The Kier molecular flexibility index (Phi) is 3.74. The zero-order valence-corrected chi connectivity index (χ0v) is 13.7. The van der Waals surface area contributed by atoms with E-state index in [1.165, 1.54) is 24.2 Å². The molecular formula is C14H15N3OS3. The quantitative estimate of drug-likeness (QED) is 0.900. The van der Waals surface area contributed by atoms with E-state index in [9.17, 15) is 4.79 Å². The lowest BCUT2D eigenvalue weighted by atomic mass is 9.95. The van der Waals surface area contributed by atoms with E-state index >= 15 is 0 Å². The molecule has 4 rings (SSSR count). The Labute approximate surface area is 135 Å². The van der Waals surface area contributed by atoms with Crippen LogP contribution >= 0.6 is 34.4 Å². The second-order valence-corrected chi connectivity index (χ2v) is 8.91. The van der Waals surface area contributed by atoms with Gasteiger partial charge in [0.25, 0.3) is 5.91 Å². The molecule has 2 N–H and O–H groups in total. The van der Waals surface area contributed by atoms with Crippen molar-refractivity contribution in [2.75, 3.05) is 0 Å². The molecule has 2 aliphatic rings. The fraction of sp³-hybridized carbons (Fsp3) is 0.429. The number of amides is 1. The van der Waals surface area contributed by atoms with E-state index in [4.69, 9.17) is 0 Å². The van der Waals surface area contributed by atoms with Gasteiger partial charge in [-0.3, -0.25) is 4.79 Å². The topological polar surface area (TPSA) is 54.0 Å². The molecule has 2 bridgehead atoms. The zero-order valence-electron chi connectivity index (χ0n) is 11.2. The van der Waals surface area contributed by atoms with E-state index in [0.29, 0.717) is 18.1 Å². The third-order valence-electron chi connectivity index (χ3n) is 4.02. The standard InChI is InChI=1S/C14H15N3OS3/c18-13(17-10-7-8-1-2-9(10)16-8)11-3-4-12(20-11)21-14-15-5-6-19-14/h3-6,8-10,16H,1-2,7H2,(H,17,18). The Bertz CT molecular complexity index is 640. The molecule has 4 heterocycles. The summed E-state index contributed by atoms with van der Waals surface area (Å²) in [7, 11) is 0. The number of hydrogen-bond acceptors (Lipinski definition) is 6.